The Kier molecular flexibility index (Phi) is 7.84. The molecule has 7 atom stereocenters. The normalized spacial score (nSPS) is 26.6. The zero-order valence-electron chi connectivity index (χ0n) is 25.5. The van der Waals surface area contributed by atoms with Crippen molar-refractivity contribution in [2.45, 2.75) is 29.5 Å². The van der Waals surface area contributed by atoms with E-state index in [1.165, 1.54) is 40.5 Å². The van der Waals surface area contributed by atoms with Gasteiger partial charge in [-0.2, -0.15) is 0 Å². The number of amides is 3. The molecule has 246 valence electrons. The summed E-state index contributed by atoms with van der Waals surface area (Å²) in [4.78, 5) is 58.1. The summed E-state index contributed by atoms with van der Waals surface area (Å²) in [5.74, 6) is -1.72. The van der Waals surface area contributed by atoms with E-state index in [-0.39, 0.29) is 58.1 Å². The van der Waals surface area contributed by atoms with Crippen LogP contribution >= 0.6 is 34.7 Å². The molecule has 3 amide bonds. The minimum Gasteiger partial charge on any atom is -0.490 e. The summed E-state index contributed by atoms with van der Waals surface area (Å²) in [6.45, 7) is 1.97. The lowest BCUT2D eigenvalue weighted by molar-refractivity contribution is -0.123. The third-order valence-electron chi connectivity index (χ3n) is 9.92. The van der Waals surface area contributed by atoms with Crippen LogP contribution in [0.15, 0.2) is 76.6 Å². The molecule has 6 unspecified atom stereocenters. The number of nitrogens with zero attached hydrogens (tertiary/aromatic N) is 1. The molecule has 2 aliphatic heterocycles. The first kappa shape index (κ1) is 31.2. The Balaban J connectivity index is 1.10. The SMILES string of the molecule is CCOc1cc([C@H]2c3sc(=O)[nH]c3SC3C4CC(C5C(=O)N(c6ccc(F)cc6)C(=O)C45)C32)ccc1OCC(=O)Nc1ccc(Cl)cc1. The highest BCUT2D eigenvalue weighted by atomic mass is 35.5. The summed E-state index contributed by atoms with van der Waals surface area (Å²) in [5, 5.41) is 4.15. The second-order valence-electron chi connectivity index (χ2n) is 12.4. The van der Waals surface area contributed by atoms with Crippen LogP contribution in [0.5, 0.6) is 11.5 Å². The molecule has 1 saturated heterocycles. The highest BCUT2D eigenvalue weighted by molar-refractivity contribution is 8.00. The van der Waals surface area contributed by atoms with Crippen LogP contribution in [0, 0.1) is 35.4 Å². The Bertz CT molecular complexity index is 2000. The number of hydrogen-bond donors (Lipinski definition) is 2. The number of nitrogens with one attached hydrogen (secondary N) is 2. The van der Waals surface area contributed by atoms with Crippen molar-refractivity contribution in [2.24, 2.45) is 29.6 Å². The van der Waals surface area contributed by atoms with Crippen LogP contribution in [0.4, 0.5) is 15.8 Å². The fourth-order valence-electron chi connectivity index (χ4n) is 8.21. The highest BCUT2D eigenvalue weighted by Gasteiger charge is 2.69. The summed E-state index contributed by atoms with van der Waals surface area (Å²) >= 11 is 8.72. The number of carbonyl (C=O) groups excluding carboxylic acids is 3. The van der Waals surface area contributed by atoms with Gasteiger partial charge in [0.25, 0.3) is 5.91 Å². The van der Waals surface area contributed by atoms with Gasteiger partial charge in [-0.1, -0.05) is 29.0 Å². The molecule has 2 saturated carbocycles. The van der Waals surface area contributed by atoms with E-state index in [0.717, 1.165) is 21.9 Å². The molecule has 13 heteroatoms. The maximum absolute atomic E-state index is 14.0. The number of benzene rings is 3. The van der Waals surface area contributed by atoms with Gasteiger partial charge >= 0.3 is 4.87 Å². The number of fused-ring (bicyclic) bond motifs is 9. The number of hydrogen-bond acceptors (Lipinski definition) is 8. The summed E-state index contributed by atoms with van der Waals surface area (Å²) < 4.78 is 25.6. The number of ether oxygens (including phenoxy) is 2. The van der Waals surface area contributed by atoms with Gasteiger partial charge < -0.3 is 19.8 Å². The molecule has 4 aromatic rings. The molecule has 3 aromatic carbocycles. The van der Waals surface area contributed by atoms with Gasteiger partial charge in [0.15, 0.2) is 18.1 Å². The van der Waals surface area contributed by atoms with Crippen LogP contribution in [0.2, 0.25) is 5.02 Å². The van der Waals surface area contributed by atoms with E-state index in [4.69, 9.17) is 21.1 Å². The predicted octanol–water partition coefficient (Wildman–Crippen LogP) is 6.32. The summed E-state index contributed by atoms with van der Waals surface area (Å²) in [6, 6.07) is 17.8. The smallest absolute Gasteiger partial charge is 0.305 e. The lowest BCUT2D eigenvalue weighted by Gasteiger charge is -2.43. The van der Waals surface area contributed by atoms with Gasteiger partial charge in [-0.15, -0.1) is 11.8 Å². The van der Waals surface area contributed by atoms with E-state index in [1.807, 2.05) is 19.1 Å². The number of anilines is 2. The number of rotatable bonds is 8. The number of carbonyl (C=O) groups is 3. The third kappa shape index (κ3) is 5.12. The second-order valence-corrected chi connectivity index (χ2v) is 15.1. The molecule has 0 radical (unpaired) electrons. The van der Waals surface area contributed by atoms with Gasteiger partial charge in [-0.3, -0.25) is 24.1 Å². The molecule has 3 heterocycles. The van der Waals surface area contributed by atoms with Gasteiger partial charge in [0.2, 0.25) is 11.8 Å². The first-order chi connectivity index (χ1) is 23.2. The molecule has 3 fully saturated rings. The minimum atomic E-state index is -0.484. The molecule has 48 heavy (non-hydrogen) atoms. The van der Waals surface area contributed by atoms with Crippen molar-refractivity contribution in [3.05, 3.63) is 97.7 Å². The van der Waals surface area contributed by atoms with E-state index in [9.17, 15) is 23.6 Å². The lowest BCUT2D eigenvalue weighted by Crippen LogP contribution is -2.42. The van der Waals surface area contributed by atoms with Gasteiger partial charge in [0, 0.05) is 26.8 Å². The summed E-state index contributed by atoms with van der Waals surface area (Å²) in [6.07, 6.45) is 0.740. The van der Waals surface area contributed by atoms with Crippen LogP contribution in [-0.2, 0) is 14.4 Å². The number of aromatic nitrogens is 1. The van der Waals surface area contributed by atoms with Crippen LogP contribution in [0.3, 0.4) is 0 Å². The van der Waals surface area contributed by atoms with E-state index in [0.29, 0.717) is 34.5 Å². The van der Waals surface area contributed by atoms with Crippen molar-refractivity contribution >= 4 is 63.8 Å². The van der Waals surface area contributed by atoms with E-state index in [1.54, 1.807) is 42.1 Å². The Hall–Kier alpha value is -4.13. The van der Waals surface area contributed by atoms with Crippen molar-refractivity contribution in [1.82, 2.24) is 4.98 Å². The molecule has 8 rings (SSSR count). The number of aromatic amines is 1. The highest BCUT2D eigenvalue weighted by Crippen LogP contribution is 2.68. The molecule has 4 aliphatic rings. The number of thiazole rings is 1. The average molecular weight is 706 g/mol. The van der Waals surface area contributed by atoms with Crippen LogP contribution in [-0.4, -0.2) is 41.2 Å². The first-order valence-corrected chi connectivity index (χ1v) is 17.8. The number of imide groups is 1. The molecular formula is C35H29ClFN3O6S2. The Morgan fingerprint density at radius 3 is 2.44 bits per heavy atom. The van der Waals surface area contributed by atoms with Crippen molar-refractivity contribution in [1.29, 1.82) is 0 Å². The number of halogens is 2. The molecule has 2 bridgehead atoms. The standard InChI is InChI=1S/C35H29ClFN3O6S2/c1-2-45-24-13-16(3-12-23(24)46-15-25(41)38-19-8-4-17(36)5-9-19)26-27-21-14-22(30(27)47-32-31(26)48-35(44)39-32)29-28(21)33(42)40(34(29)43)20-10-6-18(37)7-11-20/h3-13,21-22,26-30H,2,14-15H2,1H3,(H,38,41)(H,39,44)/t21?,22?,26-,27?,28?,29?,30?/m1/s1. The number of H-pyrrole nitrogens is 1. The molecule has 2 aliphatic carbocycles. The van der Waals surface area contributed by atoms with Crippen LogP contribution in [0.1, 0.15) is 29.7 Å². The zero-order valence-corrected chi connectivity index (χ0v) is 27.9. The summed E-state index contributed by atoms with van der Waals surface area (Å²) in [7, 11) is 0. The Labute approximate surface area is 287 Å². The van der Waals surface area contributed by atoms with E-state index in [2.05, 4.69) is 10.3 Å². The topological polar surface area (TPSA) is 118 Å². The van der Waals surface area contributed by atoms with E-state index >= 15 is 0 Å². The zero-order chi connectivity index (χ0) is 33.3. The molecule has 2 N–H and O–H groups in total. The third-order valence-corrected chi connectivity index (χ3v) is 12.8. The maximum Gasteiger partial charge on any atom is 0.305 e. The van der Waals surface area contributed by atoms with Gasteiger partial charge in [0.05, 0.1) is 29.2 Å². The van der Waals surface area contributed by atoms with Gasteiger partial charge in [-0.05, 0) is 97.3 Å². The van der Waals surface area contributed by atoms with Crippen molar-refractivity contribution < 1.29 is 28.2 Å². The quantitative estimate of drug-likeness (QED) is 0.206. The number of thioether (sulfide) groups is 1. The van der Waals surface area contributed by atoms with Crippen molar-refractivity contribution in [3.8, 4) is 11.5 Å². The van der Waals surface area contributed by atoms with E-state index < -0.39 is 17.7 Å². The van der Waals surface area contributed by atoms with Crippen molar-refractivity contribution in [2.75, 3.05) is 23.4 Å². The largest absolute Gasteiger partial charge is 0.490 e. The Morgan fingerprint density at radius 1 is 0.979 bits per heavy atom. The molecule has 0 spiro atoms. The average Bonchev–Trinajstić information content (AvgIpc) is 3.81. The summed E-state index contributed by atoms with van der Waals surface area (Å²) in [5.41, 5.74) is 1.88. The molecule has 9 nitrogen and oxygen atoms in total. The fourth-order valence-corrected chi connectivity index (χ4v) is 11.2. The van der Waals surface area contributed by atoms with Crippen LogP contribution < -0.4 is 24.6 Å². The second kappa shape index (κ2) is 12.1. The van der Waals surface area contributed by atoms with Gasteiger partial charge in [-0.25, -0.2) is 4.39 Å². The monoisotopic (exact) mass is 705 g/mol. The van der Waals surface area contributed by atoms with Crippen molar-refractivity contribution in [3.63, 3.8) is 0 Å². The van der Waals surface area contributed by atoms with Gasteiger partial charge in [0.1, 0.15) is 5.82 Å². The van der Waals surface area contributed by atoms with Crippen LogP contribution in [0.25, 0.3) is 0 Å². The predicted molar refractivity (Wildman–Crippen MR) is 181 cm³/mol. The lowest BCUT2D eigenvalue weighted by atomic mass is 9.68. The fraction of sp³-hybridized carbons (Fsp3) is 0.314. The molecule has 1 aromatic heterocycles. The molecular weight excluding hydrogens is 677 g/mol. The maximum atomic E-state index is 14.0. The minimum absolute atomic E-state index is 0.00644. The Morgan fingerprint density at radius 2 is 1.71 bits per heavy atom. The first-order valence-electron chi connectivity index (χ1n) is 15.7.